The third kappa shape index (κ3) is 3.48. The molecule has 0 aliphatic carbocycles. The minimum Gasteiger partial charge on any atom is -0.370 e. The number of hydrogen-bond acceptors (Lipinski definition) is 4. The van der Waals surface area contributed by atoms with Crippen LogP contribution in [0.5, 0.6) is 0 Å². The summed E-state index contributed by atoms with van der Waals surface area (Å²) in [6.07, 6.45) is 3.23. The molecular weight excluding hydrogens is 319 g/mol. The molecule has 0 spiro atoms. The van der Waals surface area contributed by atoms with E-state index in [1.165, 1.54) is 12.1 Å². The normalized spacial score (nSPS) is 18.2. The molecule has 23 heavy (non-hydrogen) atoms. The summed E-state index contributed by atoms with van der Waals surface area (Å²) in [6.45, 7) is 1.30. The van der Waals surface area contributed by atoms with E-state index in [4.69, 9.17) is 16.3 Å². The summed E-state index contributed by atoms with van der Waals surface area (Å²) in [4.78, 5) is 1.94. The average Bonchev–Trinajstić information content (AvgIpc) is 2.92. The Kier molecular flexibility index (Phi) is 4.82. The monoisotopic (exact) mass is 338 g/mol. The van der Waals surface area contributed by atoms with Crippen LogP contribution in [0.3, 0.4) is 0 Å². The first-order chi connectivity index (χ1) is 11.1. The van der Waals surface area contributed by atoms with Gasteiger partial charge in [-0.15, -0.1) is 10.2 Å². The van der Waals surface area contributed by atoms with Crippen molar-refractivity contribution in [2.24, 2.45) is 7.05 Å². The molecule has 2 aromatic rings. The van der Waals surface area contributed by atoms with Crippen molar-refractivity contribution in [3.63, 3.8) is 0 Å². The number of anilines is 1. The molecular formula is C16H20ClFN4O. The highest BCUT2D eigenvalue weighted by Crippen LogP contribution is 2.28. The van der Waals surface area contributed by atoms with Crippen LogP contribution in [-0.4, -0.2) is 28.4 Å². The maximum Gasteiger partial charge on any atom is 0.227 e. The van der Waals surface area contributed by atoms with Crippen molar-refractivity contribution in [2.75, 3.05) is 18.6 Å². The van der Waals surface area contributed by atoms with Crippen molar-refractivity contribution in [3.05, 3.63) is 40.4 Å². The Balaban J connectivity index is 1.77. The van der Waals surface area contributed by atoms with E-state index in [0.29, 0.717) is 11.6 Å². The van der Waals surface area contributed by atoms with Gasteiger partial charge in [0.25, 0.3) is 0 Å². The van der Waals surface area contributed by atoms with Gasteiger partial charge in [0.2, 0.25) is 5.95 Å². The first-order valence-electron chi connectivity index (χ1n) is 7.72. The summed E-state index contributed by atoms with van der Waals surface area (Å²) >= 11 is 6.10. The number of rotatable bonds is 4. The van der Waals surface area contributed by atoms with E-state index in [1.807, 2.05) is 23.6 Å². The number of benzene rings is 1. The van der Waals surface area contributed by atoms with Gasteiger partial charge < -0.3 is 9.64 Å². The largest absolute Gasteiger partial charge is 0.370 e. The molecule has 1 unspecified atom stereocenters. The van der Waals surface area contributed by atoms with E-state index in [9.17, 15) is 4.39 Å². The lowest BCUT2D eigenvalue weighted by Crippen LogP contribution is -2.22. The molecule has 7 heteroatoms. The summed E-state index contributed by atoms with van der Waals surface area (Å²) in [5.74, 6) is 1.24. The average molecular weight is 339 g/mol. The molecule has 124 valence electrons. The van der Waals surface area contributed by atoms with Crippen molar-refractivity contribution in [2.45, 2.75) is 31.9 Å². The third-order valence-electron chi connectivity index (χ3n) is 4.12. The minimum atomic E-state index is -0.336. The van der Waals surface area contributed by atoms with Crippen LogP contribution in [0.15, 0.2) is 18.2 Å². The van der Waals surface area contributed by atoms with Crippen LogP contribution in [0, 0.1) is 5.82 Å². The Morgan fingerprint density at radius 3 is 2.91 bits per heavy atom. The smallest absolute Gasteiger partial charge is 0.227 e. The van der Waals surface area contributed by atoms with Crippen LogP contribution in [0.25, 0.3) is 0 Å². The topological polar surface area (TPSA) is 43.2 Å². The fraction of sp³-hybridized carbons (Fsp3) is 0.500. The van der Waals surface area contributed by atoms with Gasteiger partial charge in [-0.25, -0.2) is 4.39 Å². The molecule has 0 bridgehead atoms. The highest BCUT2D eigenvalue weighted by molar-refractivity contribution is 6.31. The van der Waals surface area contributed by atoms with E-state index in [0.717, 1.165) is 43.2 Å². The lowest BCUT2D eigenvalue weighted by Gasteiger charge is -2.23. The lowest BCUT2D eigenvalue weighted by atomic mass is 10.1. The zero-order valence-corrected chi connectivity index (χ0v) is 14.1. The van der Waals surface area contributed by atoms with Crippen LogP contribution >= 0.6 is 11.6 Å². The Hall–Kier alpha value is -1.66. The van der Waals surface area contributed by atoms with Gasteiger partial charge in [-0.1, -0.05) is 17.7 Å². The molecule has 1 aromatic heterocycles. The van der Waals surface area contributed by atoms with Crippen LogP contribution in [0.4, 0.5) is 10.3 Å². The number of hydrogen-bond donors (Lipinski definition) is 0. The molecule has 5 nitrogen and oxygen atoms in total. The lowest BCUT2D eigenvalue weighted by molar-refractivity contribution is 0.00770. The van der Waals surface area contributed by atoms with Gasteiger partial charge in [-0.2, -0.15) is 0 Å². The fourth-order valence-electron chi connectivity index (χ4n) is 2.87. The molecule has 1 aromatic carbocycles. The highest BCUT2D eigenvalue weighted by atomic mass is 35.5. The molecule has 2 heterocycles. The quantitative estimate of drug-likeness (QED) is 0.856. The molecule has 0 saturated carbocycles. The second-order valence-electron chi connectivity index (χ2n) is 5.86. The molecule has 0 radical (unpaired) electrons. The van der Waals surface area contributed by atoms with Crippen molar-refractivity contribution >= 4 is 17.5 Å². The SMILES string of the molecule is CN(Cc1ccc(F)cc1Cl)c1nnc(C2CCCCO2)n1C. The fourth-order valence-corrected chi connectivity index (χ4v) is 3.09. The predicted molar refractivity (Wildman–Crippen MR) is 87.1 cm³/mol. The number of nitrogens with zero attached hydrogens (tertiary/aromatic N) is 4. The van der Waals surface area contributed by atoms with Crippen LogP contribution in [0.1, 0.15) is 36.8 Å². The number of aromatic nitrogens is 3. The Morgan fingerprint density at radius 2 is 2.22 bits per heavy atom. The summed E-state index contributed by atoms with van der Waals surface area (Å²) in [7, 11) is 3.85. The van der Waals surface area contributed by atoms with Gasteiger partial charge >= 0.3 is 0 Å². The molecule has 1 fully saturated rings. The number of ether oxygens (including phenoxy) is 1. The van der Waals surface area contributed by atoms with Crippen molar-refractivity contribution in [3.8, 4) is 0 Å². The van der Waals surface area contributed by atoms with E-state index in [2.05, 4.69) is 10.2 Å². The maximum absolute atomic E-state index is 13.1. The van der Waals surface area contributed by atoms with Crippen LogP contribution in [0.2, 0.25) is 5.02 Å². The van der Waals surface area contributed by atoms with Gasteiger partial charge in [-0.3, -0.25) is 4.57 Å². The molecule has 1 aliphatic heterocycles. The van der Waals surface area contributed by atoms with E-state index < -0.39 is 0 Å². The first-order valence-corrected chi connectivity index (χ1v) is 8.10. The minimum absolute atomic E-state index is 0.0119. The summed E-state index contributed by atoms with van der Waals surface area (Å²) in [6, 6.07) is 4.42. The van der Waals surface area contributed by atoms with Crippen LogP contribution < -0.4 is 4.90 Å². The zero-order valence-electron chi connectivity index (χ0n) is 13.3. The van der Waals surface area contributed by atoms with Gasteiger partial charge in [0.1, 0.15) is 11.9 Å². The second-order valence-corrected chi connectivity index (χ2v) is 6.27. The van der Waals surface area contributed by atoms with Crippen molar-refractivity contribution in [1.29, 1.82) is 0 Å². The molecule has 1 atom stereocenters. The molecule has 3 rings (SSSR count). The Bertz CT molecular complexity index is 685. The van der Waals surface area contributed by atoms with Gasteiger partial charge in [0.05, 0.1) is 0 Å². The van der Waals surface area contributed by atoms with Crippen molar-refractivity contribution in [1.82, 2.24) is 14.8 Å². The Morgan fingerprint density at radius 1 is 1.39 bits per heavy atom. The molecule has 1 aliphatic rings. The van der Waals surface area contributed by atoms with E-state index >= 15 is 0 Å². The maximum atomic E-state index is 13.1. The predicted octanol–water partition coefficient (Wildman–Crippen LogP) is 3.49. The van der Waals surface area contributed by atoms with Gasteiger partial charge in [0.15, 0.2) is 5.82 Å². The molecule has 1 saturated heterocycles. The first kappa shape index (κ1) is 16.2. The van der Waals surface area contributed by atoms with Gasteiger partial charge in [-0.05, 0) is 37.0 Å². The highest BCUT2D eigenvalue weighted by Gasteiger charge is 2.23. The number of halogens is 2. The Labute approximate surface area is 140 Å². The van der Waals surface area contributed by atoms with E-state index in [1.54, 1.807) is 6.07 Å². The van der Waals surface area contributed by atoms with Crippen LogP contribution in [-0.2, 0) is 18.3 Å². The standard InChI is InChI=1S/C16H20ClFN4O/c1-21(10-11-6-7-12(18)9-13(11)17)16-20-19-15(22(16)2)14-5-3-4-8-23-14/h6-7,9,14H,3-5,8,10H2,1-2H3. The molecule has 0 amide bonds. The molecule has 0 N–H and O–H groups in total. The summed E-state index contributed by atoms with van der Waals surface area (Å²) in [5.41, 5.74) is 0.842. The van der Waals surface area contributed by atoms with Gasteiger partial charge in [0, 0.05) is 32.3 Å². The second kappa shape index (κ2) is 6.84. The third-order valence-corrected chi connectivity index (χ3v) is 4.47. The van der Waals surface area contributed by atoms with Crippen molar-refractivity contribution < 1.29 is 9.13 Å². The van der Waals surface area contributed by atoms with E-state index in [-0.39, 0.29) is 11.9 Å². The summed E-state index contributed by atoms with van der Waals surface area (Å²) in [5, 5.41) is 8.98. The summed E-state index contributed by atoms with van der Waals surface area (Å²) < 4.78 is 20.9. The zero-order chi connectivity index (χ0) is 16.4.